The number of hydrazine groups is 1. The van der Waals surface area contributed by atoms with E-state index in [0.29, 0.717) is 6.04 Å². The Balaban J connectivity index is 2.04. The van der Waals surface area contributed by atoms with Crippen LogP contribution in [0.1, 0.15) is 12.8 Å². The maximum atomic E-state index is 6.63. The van der Waals surface area contributed by atoms with E-state index < -0.39 is 13.8 Å². The molecule has 0 atom stereocenters. The van der Waals surface area contributed by atoms with Crippen LogP contribution in [-0.2, 0) is 13.8 Å². The molecule has 0 aromatic carbocycles. The molecule has 2 N–H and O–H groups in total. The minimum absolute atomic E-state index is 0.446. The van der Waals surface area contributed by atoms with Gasteiger partial charge in [-0.1, -0.05) is 0 Å². The van der Waals surface area contributed by atoms with Crippen LogP contribution in [0.5, 0.6) is 0 Å². The van der Waals surface area contributed by atoms with Gasteiger partial charge in [-0.15, -0.1) is 0 Å². The molecule has 2 aliphatic heterocycles. The van der Waals surface area contributed by atoms with Gasteiger partial charge in [0.05, 0.1) is 0 Å². The fraction of sp³-hybridized carbons (Fsp3) is 0.900. The first-order chi connectivity index (χ1) is 8.38. The SMILES string of the molecule is CN1CCC([NH][Pt]([Cl])([Cl])=[C]2NN(C)CN2C)CC1. The van der Waals surface area contributed by atoms with Crippen LogP contribution >= 0.6 is 18.8 Å². The summed E-state index contributed by atoms with van der Waals surface area (Å²) in [5, 5.41) is 1.99. The van der Waals surface area contributed by atoms with Gasteiger partial charge in [-0.2, -0.15) is 0 Å². The van der Waals surface area contributed by atoms with Crippen molar-refractivity contribution in [2.75, 3.05) is 40.9 Å². The zero-order valence-electron chi connectivity index (χ0n) is 11.0. The van der Waals surface area contributed by atoms with E-state index in [4.69, 9.17) is 18.8 Å². The number of nitrogens with zero attached hydrogens (tertiary/aromatic N) is 3. The third-order valence-corrected chi connectivity index (χ3v) is 10.4. The van der Waals surface area contributed by atoms with Crippen LogP contribution in [0.2, 0.25) is 0 Å². The van der Waals surface area contributed by atoms with Gasteiger partial charge in [-0.25, -0.2) is 0 Å². The van der Waals surface area contributed by atoms with Gasteiger partial charge >= 0.3 is 121 Å². The zero-order chi connectivity index (χ0) is 13.3. The molecule has 0 aromatic heterocycles. The average Bonchev–Trinajstić information content (AvgIpc) is 2.62. The fourth-order valence-corrected chi connectivity index (χ4v) is 9.81. The molecule has 0 saturated carbocycles. The van der Waals surface area contributed by atoms with Gasteiger partial charge in [-0.3, -0.25) is 0 Å². The predicted octanol–water partition coefficient (Wildman–Crippen LogP) is 0.473. The third-order valence-electron chi connectivity index (χ3n) is 3.16. The number of hydrogen-bond acceptors (Lipinski definition) is 5. The molecule has 5 nitrogen and oxygen atoms in total. The van der Waals surface area contributed by atoms with Crippen LogP contribution in [0.15, 0.2) is 0 Å². The van der Waals surface area contributed by atoms with Crippen molar-refractivity contribution >= 4 is 23.0 Å². The van der Waals surface area contributed by atoms with Crippen molar-refractivity contribution in [1.82, 2.24) is 24.1 Å². The fourth-order valence-electron chi connectivity index (χ4n) is 2.14. The Hall–Kier alpha value is 0.938. The van der Waals surface area contributed by atoms with Gasteiger partial charge in [0.25, 0.3) is 0 Å². The van der Waals surface area contributed by atoms with Crippen molar-refractivity contribution in [3.8, 4) is 0 Å². The van der Waals surface area contributed by atoms with Crippen molar-refractivity contribution in [2.24, 2.45) is 0 Å². The Morgan fingerprint density at radius 1 is 1.22 bits per heavy atom. The second kappa shape index (κ2) is 6.15. The summed E-state index contributed by atoms with van der Waals surface area (Å²) >= 11 is -3.09. The first kappa shape index (κ1) is 15.3. The topological polar surface area (TPSA) is 33.8 Å². The van der Waals surface area contributed by atoms with Gasteiger partial charge in [0.1, 0.15) is 0 Å². The predicted molar refractivity (Wildman–Crippen MR) is 73.9 cm³/mol. The number of piperidine rings is 1. The molecular formula is C10H22Cl2N5Pt. The average molecular weight is 478 g/mol. The number of nitrogens with one attached hydrogen (secondary N) is 2. The summed E-state index contributed by atoms with van der Waals surface area (Å²) in [6.45, 7) is 3.04. The van der Waals surface area contributed by atoms with Gasteiger partial charge in [-0.05, 0) is 0 Å². The van der Waals surface area contributed by atoms with E-state index in [-0.39, 0.29) is 0 Å². The number of hydrogen-bond donors (Lipinski definition) is 2. The maximum absolute atomic E-state index is 6.63. The molecule has 2 rings (SSSR count). The summed E-state index contributed by atoms with van der Waals surface area (Å²) in [6.07, 6.45) is 2.24. The molecule has 111 valence electrons. The quantitative estimate of drug-likeness (QED) is 0.604. The second-order valence-electron chi connectivity index (χ2n) is 4.94. The van der Waals surface area contributed by atoms with Gasteiger partial charge in [0, 0.05) is 0 Å². The number of rotatable bonds is 2. The van der Waals surface area contributed by atoms with Crippen LogP contribution in [0.25, 0.3) is 0 Å². The minimum atomic E-state index is -3.09. The van der Waals surface area contributed by atoms with Crippen molar-refractivity contribution in [3.05, 3.63) is 0 Å². The molecule has 2 saturated heterocycles. The molecule has 2 heterocycles. The van der Waals surface area contributed by atoms with Gasteiger partial charge in [0.2, 0.25) is 0 Å². The number of halogens is 2. The van der Waals surface area contributed by atoms with Crippen molar-refractivity contribution in [1.29, 1.82) is 0 Å². The van der Waals surface area contributed by atoms with E-state index in [1.807, 2.05) is 19.1 Å². The van der Waals surface area contributed by atoms with Crippen LogP contribution in [-0.4, -0.2) is 65.9 Å². The molecule has 0 unspecified atom stereocenters. The Morgan fingerprint density at radius 2 is 1.83 bits per heavy atom. The van der Waals surface area contributed by atoms with Crippen molar-refractivity contribution < 1.29 is 13.8 Å². The molecule has 2 fully saturated rings. The van der Waals surface area contributed by atoms with E-state index in [1.54, 1.807) is 0 Å². The Morgan fingerprint density at radius 3 is 2.33 bits per heavy atom. The summed E-state index contributed by atoms with van der Waals surface area (Å²) in [6, 6.07) is 0.446. The monoisotopic (exact) mass is 477 g/mol. The first-order valence-corrected chi connectivity index (χ1v) is 13.9. The van der Waals surface area contributed by atoms with E-state index in [2.05, 4.69) is 26.1 Å². The molecule has 0 spiro atoms. The zero-order valence-corrected chi connectivity index (χ0v) is 14.8. The molecule has 0 aliphatic carbocycles. The summed E-state index contributed by atoms with van der Waals surface area (Å²) in [7, 11) is 19.4. The van der Waals surface area contributed by atoms with Crippen molar-refractivity contribution in [3.63, 3.8) is 0 Å². The summed E-state index contributed by atoms with van der Waals surface area (Å²) in [5.41, 5.74) is 3.26. The van der Waals surface area contributed by atoms with Crippen LogP contribution in [0, 0.1) is 0 Å². The van der Waals surface area contributed by atoms with Crippen LogP contribution in [0.4, 0.5) is 0 Å². The Labute approximate surface area is 120 Å². The Kier molecular flexibility index (Phi) is 5.23. The van der Waals surface area contributed by atoms with Gasteiger partial charge in [0.15, 0.2) is 0 Å². The third kappa shape index (κ3) is 3.74. The van der Waals surface area contributed by atoms with E-state index >= 15 is 0 Å². The molecule has 2 aliphatic rings. The molecule has 0 bridgehead atoms. The summed E-state index contributed by atoms with van der Waals surface area (Å²) in [5.74, 6) is 0. The molecule has 0 amide bonds. The van der Waals surface area contributed by atoms with E-state index in [9.17, 15) is 0 Å². The van der Waals surface area contributed by atoms with Gasteiger partial charge < -0.3 is 0 Å². The van der Waals surface area contributed by atoms with Crippen LogP contribution < -0.4 is 9.30 Å². The Bertz CT molecular complexity index is 350. The molecule has 18 heavy (non-hydrogen) atoms. The van der Waals surface area contributed by atoms with Crippen molar-refractivity contribution in [2.45, 2.75) is 18.9 Å². The number of likely N-dealkylation sites (tertiary alicyclic amines) is 1. The normalized spacial score (nSPS) is 27.1. The van der Waals surface area contributed by atoms with E-state index in [1.165, 1.54) is 0 Å². The van der Waals surface area contributed by atoms with Crippen LogP contribution in [0.3, 0.4) is 0 Å². The second-order valence-corrected chi connectivity index (χ2v) is 16.2. The summed E-state index contributed by atoms with van der Waals surface area (Å²) < 4.78 is 4.50. The summed E-state index contributed by atoms with van der Waals surface area (Å²) in [4.78, 5) is 4.44. The molecular weight excluding hydrogens is 456 g/mol. The standard InChI is InChI=1S/C6H13N2.C4H9N3.2ClH.Pt/c1-8-4-2-6(7)3-5-8;1-6-3-5-7(2)4-6;;;/h6-7H,2-5H2,1H3;5H,4H2,1-2H3;2*1H;/q-1;;;;+3/p-2. The molecule has 8 heteroatoms. The molecule has 0 radical (unpaired) electrons. The molecule has 0 aromatic rings. The first-order valence-electron chi connectivity index (χ1n) is 5.96. The van der Waals surface area contributed by atoms with E-state index in [0.717, 1.165) is 36.7 Å².